The summed E-state index contributed by atoms with van der Waals surface area (Å²) in [6, 6.07) is 5.78. The average molecular weight is 313 g/mol. The Labute approximate surface area is 123 Å². The van der Waals surface area contributed by atoms with Crippen LogP contribution >= 0.6 is 0 Å². The third kappa shape index (κ3) is 4.26. The van der Waals surface area contributed by atoms with Gasteiger partial charge in [0.25, 0.3) is 0 Å². The van der Waals surface area contributed by atoms with Gasteiger partial charge < -0.3 is 10.2 Å². The Morgan fingerprint density at radius 3 is 2.43 bits per heavy atom. The van der Waals surface area contributed by atoms with E-state index >= 15 is 0 Å². The molecular formula is C14H19NO5S. The van der Waals surface area contributed by atoms with E-state index in [9.17, 15) is 18.3 Å². The number of aliphatic carboxylic acids is 1. The van der Waals surface area contributed by atoms with Gasteiger partial charge in [0.15, 0.2) is 0 Å². The van der Waals surface area contributed by atoms with Gasteiger partial charge in [0.1, 0.15) is 0 Å². The molecule has 1 aromatic carbocycles. The number of hydrogen-bond donors (Lipinski definition) is 3. The van der Waals surface area contributed by atoms with E-state index in [1.165, 1.54) is 24.3 Å². The summed E-state index contributed by atoms with van der Waals surface area (Å²) in [7, 11) is -3.62. The first-order chi connectivity index (χ1) is 9.88. The van der Waals surface area contributed by atoms with Crippen LogP contribution in [0.1, 0.15) is 24.8 Å². The van der Waals surface area contributed by atoms with Gasteiger partial charge in [0.05, 0.1) is 17.4 Å². The van der Waals surface area contributed by atoms with Crippen molar-refractivity contribution in [3.8, 4) is 0 Å². The van der Waals surface area contributed by atoms with Gasteiger partial charge in [-0.05, 0) is 36.5 Å². The van der Waals surface area contributed by atoms with Crippen molar-refractivity contribution in [3.05, 3.63) is 29.8 Å². The van der Waals surface area contributed by atoms with Crippen LogP contribution in [0, 0.1) is 5.92 Å². The minimum atomic E-state index is -3.62. The summed E-state index contributed by atoms with van der Waals surface area (Å²) in [5, 5.41) is 18.4. The second-order valence-corrected chi connectivity index (χ2v) is 7.09. The van der Waals surface area contributed by atoms with Crippen molar-refractivity contribution in [2.75, 3.05) is 6.54 Å². The molecule has 6 nitrogen and oxygen atoms in total. The molecule has 0 bridgehead atoms. The minimum absolute atomic E-state index is 0.0361. The number of aliphatic hydroxyl groups is 1. The molecule has 0 radical (unpaired) electrons. The van der Waals surface area contributed by atoms with E-state index in [2.05, 4.69) is 4.72 Å². The molecule has 0 aromatic heterocycles. The predicted octanol–water partition coefficient (Wildman–Crippen LogP) is 0.753. The van der Waals surface area contributed by atoms with Crippen LogP contribution in [-0.2, 0) is 21.2 Å². The molecule has 7 heteroatoms. The van der Waals surface area contributed by atoms with Gasteiger partial charge in [-0.2, -0.15) is 0 Å². The molecule has 1 fully saturated rings. The van der Waals surface area contributed by atoms with E-state index in [-0.39, 0.29) is 23.8 Å². The zero-order valence-electron chi connectivity index (χ0n) is 11.5. The van der Waals surface area contributed by atoms with E-state index in [1.807, 2.05) is 0 Å². The summed E-state index contributed by atoms with van der Waals surface area (Å²) >= 11 is 0. The van der Waals surface area contributed by atoms with Gasteiger partial charge in [-0.15, -0.1) is 0 Å². The molecule has 1 aliphatic rings. The topological polar surface area (TPSA) is 104 Å². The van der Waals surface area contributed by atoms with Crippen LogP contribution in [0.15, 0.2) is 29.2 Å². The fraction of sp³-hybridized carbons (Fsp3) is 0.500. The lowest BCUT2D eigenvalue weighted by atomic mass is 10.1. The first-order valence-electron chi connectivity index (χ1n) is 6.87. The molecule has 3 N–H and O–H groups in total. The summed E-state index contributed by atoms with van der Waals surface area (Å²) in [6.45, 7) is 0.223. The van der Waals surface area contributed by atoms with E-state index in [1.54, 1.807) is 0 Å². The van der Waals surface area contributed by atoms with Gasteiger partial charge in [-0.1, -0.05) is 18.6 Å². The van der Waals surface area contributed by atoms with E-state index < -0.39 is 22.1 Å². The Bertz CT molecular complexity index is 596. The number of carboxylic acid groups (broad SMARTS) is 1. The second-order valence-electron chi connectivity index (χ2n) is 5.32. The second kappa shape index (κ2) is 6.55. The lowest BCUT2D eigenvalue weighted by Crippen LogP contribution is -2.32. The van der Waals surface area contributed by atoms with Crippen molar-refractivity contribution in [2.24, 2.45) is 5.92 Å². The third-order valence-electron chi connectivity index (χ3n) is 3.74. The molecule has 0 heterocycles. The highest BCUT2D eigenvalue weighted by Crippen LogP contribution is 2.25. The fourth-order valence-electron chi connectivity index (χ4n) is 2.52. The van der Waals surface area contributed by atoms with Crippen molar-refractivity contribution in [3.63, 3.8) is 0 Å². The van der Waals surface area contributed by atoms with Crippen molar-refractivity contribution in [2.45, 2.75) is 36.7 Å². The number of hydrogen-bond acceptors (Lipinski definition) is 4. The molecule has 1 saturated carbocycles. The quantitative estimate of drug-likeness (QED) is 0.719. The Hall–Kier alpha value is -1.44. The molecule has 0 aliphatic heterocycles. The molecule has 1 aromatic rings. The maximum Gasteiger partial charge on any atom is 0.307 e. The largest absolute Gasteiger partial charge is 0.481 e. The molecule has 21 heavy (non-hydrogen) atoms. The molecule has 2 atom stereocenters. The van der Waals surface area contributed by atoms with Crippen LogP contribution in [0.4, 0.5) is 0 Å². The molecule has 0 saturated heterocycles. The predicted molar refractivity (Wildman–Crippen MR) is 76.3 cm³/mol. The summed E-state index contributed by atoms with van der Waals surface area (Å²) < 4.78 is 26.7. The molecule has 1 aliphatic carbocycles. The third-order valence-corrected chi connectivity index (χ3v) is 5.18. The fourth-order valence-corrected chi connectivity index (χ4v) is 3.61. The molecule has 116 valence electrons. The number of carboxylic acids is 1. The standard InChI is InChI=1S/C14H19NO5S/c16-13-3-1-2-11(13)9-15-21(19,20)12-6-4-10(5-7-12)8-14(17)18/h4-7,11,13,15-16H,1-3,8-9H2,(H,17,18). The van der Waals surface area contributed by atoms with Crippen molar-refractivity contribution < 1.29 is 23.4 Å². The van der Waals surface area contributed by atoms with Crippen molar-refractivity contribution in [1.29, 1.82) is 0 Å². The maximum absolute atomic E-state index is 12.1. The van der Waals surface area contributed by atoms with Crippen LogP contribution in [0.2, 0.25) is 0 Å². The first kappa shape index (κ1) is 15.9. The Morgan fingerprint density at radius 1 is 1.24 bits per heavy atom. The van der Waals surface area contributed by atoms with Crippen LogP contribution < -0.4 is 4.72 Å². The molecule has 0 spiro atoms. The summed E-state index contributed by atoms with van der Waals surface area (Å²) in [4.78, 5) is 10.7. The van der Waals surface area contributed by atoms with Crippen molar-refractivity contribution >= 4 is 16.0 Å². The molecular weight excluding hydrogens is 294 g/mol. The Morgan fingerprint density at radius 2 is 1.90 bits per heavy atom. The number of aliphatic hydroxyl groups excluding tert-OH is 1. The zero-order valence-corrected chi connectivity index (χ0v) is 12.3. The van der Waals surface area contributed by atoms with Gasteiger partial charge in [0, 0.05) is 6.54 Å². The minimum Gasteiger partial charge on any atom is -0.481 e. The van der Waals surface area contributed by atoms with Gasteiger partial charge in [-0.3, -0.25) is 4.79 Å². The normalized spacial score (nSPS) is 22.3. The number of benzene rings is 1. The SMILES string of the molecule is O=C(O)Cc1ccc(S(=O)(=O)NCC2CCCC2O)cc1. The van der Waals surface area contributed by atoms with Gasteiger partial charge >= 0.3 is 5.97 Å². The van der Waals surface area contributed by atoms with Gasteiger partial charge in [0.2, 0.25) is 10.0 Å². The number of carbonyl (C=O) groups is 1. The average Bonchev–Trinajstić information content (AvgIpc) is 2.82. The lowest BCUT2D eigenvalue weighted by molar-refractivity contribution is -0.136. The Kier molecular flexibility index (Phi) is 4.97. The highest BCUT2D eigenvalue weighted by atomic mass is 32.2. The van der Waals surface area contributed by atoms with E-state index in [0.29, 0.717) is 5.56 Å². The maximum atomic E-state index is 12.1. The van der Waals surface area contributed by atoms with Crippen molar-refractivity contribution in [1.82, 2.24) is 4.72 Å². The van der Waals surface area contributed by atoms with Crippen LogP contribution in [0.5, 0.6) is 0 Å². The molecule has 2 rings (SSSR count). The molecule has 2 unspecified atom stereocenters. The number of sulfonamides is 1. The number of nitrogens with one attached hydrogen (secondary N) is 1. The first-order valence-corrected chi connectivity index (χ1v) is 8.35. The summed E-state index contributed by atoms with van der Waals surface area (Å²) in [5.74, 6) is -0.995. The number of rotatable bonds is 6. The van der Waals surface area contributed by atoms with Crippen LogP contribution in [-0.4, -0.2) is 37.2 Å². The van der Waals surface area contributed by atoms with Gasteiger partial charge in [-0.25, -0.2) is 13.1 Å². The zero-order chi connectivity index (χ0) is 15.5. The lowest BCUT2D eigenvalue weighted by Gasteiger charge is -2.15. The van der Waals surface area contributed by atoms with E-state index in [0.717, 1.165) is 19.3 Å². The highest BCUT2D eigenvalue weighted by Gasteiger charge is 2.26. The summed E-state index contributed by atoms with van der Waals surface area (Å²) in [6.07, 6.45) is 1.88. The summed E-state index contributed by atoms with van der Waals surface area (Å²) in [5.41, 5.74) is 0.549. The Balaban J connectivity index is 2.00. The van der Waals surface area contributed by atoms with E-state index in [4.69, 9.17) is 5.11 Å². The molecule has 0 amide bonds. The van der Waals surface area contributed by atoms with Crippen LogP contribution in [0.25, 0.3) is 0 Å². The van der Waals surface area contributed by atoms with Crippen LogP contribution in [0.3, 0.4) is 0 Å². The highest BCUT2D eigenvalue weighted by molar-refractivity contribution is 7.89. The smallest absolute Gasteiger partial charge is 0.307 e. The monoisotopic (exact) mass is 313 g/mol.